The van der Waals surface area contributed by atoms with Crippen molar-refractivity contribution in [3.05, 3.63) is 28.7 Å². The van der Waals surface area contributed by atoms with Crippen LogP contribution in [0.25, 0.3) is 0 Å². The highest BCUT2D eigenvalue weighted by Crippen LogP contribution is 2.35. The summed E-state index contributed by atoms with van der Waals surface area (Å²) in [6.45, 7) is 2.04. The van der Waals surface area contributed by atoms with E-state index in [4.69, 9.17) is 4.74 Å². The van der Waals surface area contributed by atoms with Crippen LogP contribution in [0.2, 0.25) is 0 Å². The molecule has 2 aliphatic rings. The summed E-state index contributed by atoms with van der Waals surface area (Å²) in [5.41, 5.74) is 0. The molecule has 3 rings (SSSR count). The second-order valence-corrected chi connectivity index (χ2v) is 6.63. The fourth-order valence-electron chi connectivity index (χ4n) is 3.58. The van der Waals surface area contributed by atoms with Gasteiger partial charge in [-0.15, -0.1) is 0 Å². The Morgan fingerprint density at radius 3 is 2.68 bits per heavy atom. The topological polar surface area (TPSA) is 12.5 Å². The first-order chi connectivity index (χ1) is 9.33. The Balaban J connectivity index is 1.41. The Morgan fingerprint density at radius 2 is 1.95 bits per heavy atom. The molecular weight excluding hydrogens is 302 g/mol. The molecular formula is C16H22BrNO. The molecule has 0 N–H and O–H groups in total. The van der Waals surface area contributed by atoms with Crippen LogP contribution >= 0.6 is 15.9 Å². The van der Waals surface area contributed by atoms with Gasteiger partial charge in [-0.3, -0.25) is 4.90 Å². The quantitative estimate of drug-likeness (QED) is 0.752. The molecule has 3 heteroatoms. The molecule has 1 aromatic rings. The fourth-order valence-corrected chi connectivity index (χ4v) is 3.96. The van der Waals surface area contributed by atoms with Gasteiger partial charge in [0.25, 0.3) is 0 Å². The summed E-state index contributed by atoms with van der Waals surface area (Å²) in [4.78, 5) is 2.74. The SMILES string of the molecule is Brc1cccc(OCCCN2C3CCCC2CC3)c1. The molecule has 0 aliphatic carbocycles. The van der Waals surface area contributed by atoms with Crippen LogP contribution in [-0.2, 0) is 0 Å². The Morgan fingerprint density at radius 1 is 1.16 bits per heavy atom. The number of hydrogen-bond donors (Lipinski definition) is 0. The van der Waals surface area contributed by atoms with Crippen LogP contribution in [0.1, 0.15) is 38.5 Å². The molecule has 2 heterocycles. The molecule has 19 heavy (non-hydrogen) atoms. The zero-order chi connectivity index (χ0) is 13.1. The van der Waals surface area contributed by atoms with Gasteiger partial charge in [-0.05, 0) is 50.3 Å². The number of hydrogen-bond acceptors (Lipinski definition) is 2. The van der Waals surface area contributed by atoms with Gasteiger partial charge in [0, 0.05) is 23.1 Å². The van der Waals surface area contributed by atoms with E-state index >= 15 is 0 Å². The minimum atomic E-state index is 0.826. The minimum Gasteiger partial charge on any atom is -0.494 e. The van der Waals surface area contributed by atoms with E-state index in [9.17, 15) is 0 Å². The Labute approximate surface area is 124 Å². The lowest BCUT2D eigenvalue weighted by Gasteiger charge is -2.34. The Bertz CT molecular complexity index is 407. The lowest BCUT2D eigenvalue weighted by Crippen LogP contribution is -2.40. The van der Waals surface area contributed by atoms with Crippen molar-refractivity contribution in [3.63, 3.8) is 0 Å². The van der Waals surface area contributed by atoms with Gasteiger partial charge in [0.2, 0.25) is 0 Å². The number of fused-ring (bicyclic) bond motifs is 2. The van der Waals surface area contributed by atoms with Gasteiger partial charge in [-0.25, -0.2) is 0 Å². The van der Waals surface area contributed by atoms with E-state index in [0.717, 1.165) is 35.3 Å². The van der Waals surface area contributed by atoms with Crippen molar-refractivity contribution in [1.82, 2.24) is 4.90 Å². The summed E-state index contributed by atoms with van der Waals surface area (Å²) in [6.07, 6.45) is 8.28. The van der Waals surface area contributed by atoms with Crippen molar-refractivity contribution in [2.45, 2.75) is 50.6 Å². The zero-order valence-electron chi connectivity index (χ0n) is 11.4. The van der Waals surface area contributed by atoms with Crippen molar-refractivity contribution in [2.75, 3.05) is 13.2 Å². The number of piperidine rings is 1. The maximum atomic E-state index is 5.81. The minimum absolute atomic E-state index is 0.826. The maximum absolute atomic E-state index is 5.81. The van der Waals surface area contributed by atoms with Crippen LogP contribution in [0.3, 0.4) is 0 Å². The number of nitrogens with zero attached hydrogens (tertiary/aromatic N) is 1. The van der Waals surface area contributed by atoms with Gasteiger partial charge in [0.05, 0.1) is 6.61 Å². The summed E-state index contributed by atoms with van der Waals surface area (Å²) in [7, 11) is 0. The van der Waals surface area contributed by atoms with Gasteiger partial charge in [0.1, 0.15) is 5.75 Å². The average Bonchev–Trinajstić information content (AvgIpc) is 2.64. The van der Waals surface area contributed by atoms with Gasteiger partial charge >= 0.3 is 0 Å². The normalized spacial score (nSPS) is 26.6. The van der Waals surface area contributed by atoms with E-state index < -0.39 is 0 Å². The molecule has 2 unspecified atom stereocenters. The van der Waals surface area contributed by atoms with Crippen LogP contribution in [0.5, 0.6) is 5.75 Å². The first-order valence-corrected chi connectivity index (χ1v) is 8.26. The molecule has 104 valence electrons. The van der Waals surface area contributed by atoms with Gasteiger partial charge in [-0.1, -0.05) is 28.4 Å². The molecule has 2 fully saturated rings. The van der Waals surface area contributed by atoms with Crippen molar-refractivity contribution in [1.29, 1.82) is 0 Å². The smallest absolute Gasteiger partial charge is 0.120 e. The summed E-state index contributed by atoms with van der Waals surface area (Å²) >= 11 is 3.47. The number of rotatable bonds is 5. The molecule has 2 bridgehead atoms. The van der Waals surface area contributed by atoms with E-state index in [1.807, 2.05) is 24.3 Å². The fraction of sp³-hybridized carbons (Fsp3) is 0.625. The predicted octanol–water partition coefficient (Wildman–Crippen LogP) is 4.23. The first-order valence-electron chi connectivity index (χ1n) is 7.47. The molecule has 0 amide bonds. The lowest BCUT2D eigenvalue weighted by molar-refractivity contribution is 0.130. The van der Waals surface area contributed by atoms with Gasteiger partial charge in [0.15, 0.2) is 0 Å². The van der Waals surface area contributed by atoms with Crippen LogP contribution in [0, 0.1) is 0 Å². The van der Waals surface area contributed by atoms with Crippen molar-refractivity contribution in [2.24, 2.45) is 0 Å². The molecule has 0 saturated carbocycles. The highest BCUT2D eigenvalue weighted by molar-refractivity contribution is 9.10. The molecule has 2 aliphatic heterocycles. The van der Waals surface area contributed by atoms with Gasteiger partial charge in [-0.2, -0.15) is 0 Å². The standard InChI is InChI=1S/C16H22BrNO/c17-13-4-1-7-16(12-13)19-11-3-10-18-14-5-2-6-15(18)9-8-14/h1,4,7,12,14-15H,2-3,5-6,8-11H2. The predicted molar refractivity (Wildman–Crippen MR) is 81.6 cm³/mol. The van der Waals surface area contributed by atoms with Crippen LogP contribution < -0.4 is 4.74 Å². The van der Waals surface area contributed by atoms with Crippen molar-refractivity contribution < 1.29 is 4.74 Å². The van der Waals surface area contributed by atoms with Crippen molar-refractivity contribution >= 4 is 15.9 Å². The summed E-state index contributed by atoms with van der Waals surface area (Å²) < 4.78 is 6.89. The van der Waals surface area contributed by atoms with Gasteiger partial charge < -0.3 is 4.74 Å². The molecule has 2 nitrogen and oxygen atoms in total. The maximum Gasteiger partial charge on any atom is 0.120 e. The average molecular weight is 324 g/mol. The highest BCUT2D eigenvalue weighted by Gasteiger charge is 2.35. The molecule has 0 radical (unpaired) electrons. The molecule has 0 aromatic heterocycles. The number of benzene rings is 1. The summed E-state index contributed by atoms with van der Waals surface area (Å²) in [5.74, 6) is 0.969. The zero-order valence-corrected chi connectivity index (χ0v) is 12.9. The third kappa shape index (κ3) is 3.32. The van der Waals surface area contributed by atoms with Crippen LogP contribution in [0.15, 0.2) is 28.7 Å². The second-order valence-electron chi connectivity index (χ2n) is 5.71. The number of ether oxygens (including phenoxy) is 1. The van der Waals surface area contributed by atoms with E-state index in [1.54, 1.807) is 0 Å². The third-order valence-corrected chi connectivity index (χ3v) is 4.96. The molecule has 2 atom stereocenters. The van der Waals surface area contributed by atoms with E-state index in [2.05, 4.69) is 20.8 Å². The summed E-state index contributed by atoms with van der Waals surface area (Å²) in [6, 6.07) is 9.86. The highest BCUT2D eigenvalue weighted by atomic mass is 79.9. The Hall–Kier alpha value is -0.540. The molecule has 1 aromatic carbocycles. The lowest BCUT2D eigenvalue weighted by atomic mass is 10.0. The van der Waals surface area contributed by atoms with Crippen LogP contribution in [0.4, 0.5) is 0 Å². The van der Waals surface area contributed by atoms with E-state index in [1.165, 1.54) is 38.6 Å². The first kappa shape index (κ1) is 13.4. The number of halogens is 1. The van der Waals surface area contributed by atoms with Crippen LogP contribution in [-0.4, -0.2) is 30.1 Å². The third-order valence-electron chi connectivity index (χ3n) is 4.47. The van der Waals surface area contributed by atoms with E-state index in [-0.39, 0.29) is 0 Å². The molecule has 0 spiro atoms. The summed E-state index contributed by atoms with van der Waals surface area (Å²) in [5, 5.41) is 0. The molecule has 2 saturated heterocycles. The van der Waals surface area contributed by atoms with E-state index in [0.29, 0.717) is 0 Å². The largest absolute Gasteiger partial charge is 0.494 e. The monoisotopic (exact) mass is 323 g/mol. The van der Waals surface area contributed by atoms with Crippen molar-refractivity contribution in [3.8, 4) is 5.75 Å². The second kappa shape index (κ2) is 6.27. The Kier molecular flexibility index (Phi) is 4.44.